The average Bonchev–Trinajstić information content (AvgIpc) is 3.11. The zero-order chi connectivity index (χ0) is 13.2. The predicted molar refractivity (Wildman–Crippen MR) is 72.0 cm³/mol. The molecule has 3 N–H and O–H groups in total. The summed E-state index contributed by atoms with van der Waals surface area (Å²) in [5, 5.41) is 16.5. The Morgan fingerprint density at radius 2 is 1.89 bits per heavy atom. The van der Waals surface area contributed by atoms with Gasteiger partial charge in [-0.05, 0) is 25.0 Å². The number of halogens is 1. The molecule has 0 aromatic heterocycles. The van der Waals surface area contributed by atoms with Gasteiger partial charge >= 0.3 is 0 Å². The fourth-order valence-electron chi connectivity index (χ4n) is 2.71. The van der Waals surface area contributed by atoms with E-state index in [1.165, 1.54) is 12.1 Å². The molecule has 0 amide bonds. The smallest absolute Gasteiger partial charge is 0.127 e. The first kappa shape index (κ1) is 12.3. The summed E-state index contributed by atoms with van der Waals surface area (Å²) in [6.07, 6.45) is 4.78. The summed E-state index contributed by atoms with van der Waals surface area (Å²) < 4.78 is 13.5. The highest BCUT2D eigenvalue weighted by atomic mass is 19.1. The van der Waals surface area contributed by atoms with Gasteiger partial charge in [0.05, 0.1) is 0 Å². The maximum Gasteiger partial charge on any atom is 0.127 e. The Hall–Kier alpha value is -1.75. The minimum absolute atomic E-state index is 0.258. The molecule has 0 aliphatic carbocycles. The Labute approximate surface area is 111 Å². The molecular weight excluding hydrogens is 245 g/mol. The molecule has 4 nitrogen and oxygen atoms in total. The maximum atomic E-state index is 13.5. The number of benzene rings is 1. The van der Waals surface area contributed by atoms with Crippen LogP contribution in [0.4, 0.5) is 10.1 Å². The highest BCUT2D eigenvalue weighted by Crippen LogP contribution is 2.31. The standard InChI is InChI=1S/C14H18FN3O/c15-10-3-4-11(13(19)14-16-5-6-17-14)12(9-10)18-7-1-2-8-18/h3-6,9,13-14,16-17,19H,1-2,7-8H2. The van der Waals surface area contributed by atoms with E-state index in [0.717, 1.165) is 37.2 Å². The lowest BCUT2D eigenvalue weighted by Crippen LogP contribution is -2.38. The summed E-state index contributed by atoms with van der Waals surface area (Å²) in [6, 6.07) is 4.60. The second-order valence-electron chi connectivity index (χ2n) is 4.99. The van der Waals surface area contributed by atoms with Crippen molar-refractivity contribution in [2.75, 3.05) is 18.0 Å². The van der Waals surface area contributed by atoms with E-state index in [4.69, 9.17) is 0 Å². The fourth-order valence-corrected chi connectivity index (χ4v) is 2.71. The van der Waals surface area contributed by atoms with E-state index in [2.05, 4.69) is 15.5 Å². The number of rotatable bonds is 3. The third kappa shape index (κ3) is 2.38. The van der Waals surface area contributed by atoms with Gasteiger partial charge in [0.1, 0.15) is 18.1 Å². The molecule has 5 heteroatoms. The maximum absolute atomic E-state index is 13.5. The van der Waals surface area contributed by atoms with Crippen molar-refractivity contribution >= 4 is 5.69 Å². The molecule has 2 aliphatic heterocycles. The van der Waals surface area contributed by atoms with Crippen molar-refractivity contribution in [2.24, 2.45) is 0 Å². The molecule has 0 bridgehead atoms. The third-order valence-corrected chi connectivity index (χ3v) is 3.71. The summed E-state index contributed by atoms with van der Waals surface area (Å²) in [5.74, 6) is -0.261. The summed E-state index contributed by atoms with van der Waals surface area (Å²) in [7, 11) is 0. The minimum Gasteiger partial charge on any atom is -0.384 e. The van der Waals surface area contributed by atoms with Crippen molar-refractivity contribution in [3.8, 4) is 0 Å². The monoisotopic (exact) mass is 263 g/mol. The first-order valence-corrected chi connectivity index (χ1v) is 6.65. The summed E-state index contributed by atoms with van der Waals surface area (Å²) >= 11 is 0. The third-order valence-electron chi connectivity index (χ3n) is 3.71. The Balaban J connectivity index is 1.90. The number of hydrogen-bond donors (Lipinski definition) is 3. The van der Waals surface area contributed by atoms with E-state index in [1.807, 2.05) is 0 Å². The first-order valence-electron chi connectivity index (χ1n) is 6.65. The topological polar surface area (TPSA) is 47.5 Å². The van der Waals surface area contributed by atoms with Crippen molar-refractivity contribution in [1.82, 2.24) is 10.6 Å². The fraction of sp³-hybridized carbons (Fsp3) is 0.429. The second-order valence-corrected chi connectivity index (χ2v) is 4.99. The van der Waals surface area contributed by atoms with Gasteiger partial charge in [-0.3, -0.25) is 0 Å². The lowest BCUT2D eigenvalue weighted by Gasteiger charge is -2.27. The van der Waals surface area contributed by atoms with Crippen LogP contribution in [0.25, 0.3) is 0 Å². The number of aliphatic hydroxyl groups excluding tert-OH is 1. The second kappa shape index (κ2) is 5.09. The molecule has 3 rings (SSSR count). The van der Waals surface area contributed by atoms with Crippen LogP contribution < -0.4 is 15.5 Å². The van der Waals surface area contributed by atoms with Crippen molar-refractivity contribution in [3.63, 3.8) is 0 Å². The predicted octanol–water partition coefficient (Wildman–Crippen LogP) is 1.45. The number of anilines is 1. The lowest BCUT2D eigenvalue weighted by atomic mass is 10.0. The summed E-state index contributed by atoms with van der Waals surface area (Å²) in [5.41, 5.74) is 1.57. The SMILES string of the molecule is OC(c1ccc(F)cc1N1CCCC1)C1NC=CN1. The van der Waals surface area contributed by atoms with Crippen LogP contribution in [0.1, 0.15) is 24.5 Å². The zero-order valence-corrected chi connectivity index (χ0v) is 10.6. The molecule has 2 aliphatic rings. The van der Waals surface area contributed by atoms with Gasteiger partial charge in [-0.25, -0.2) is 4.39 Å². The van der Waals surface area contributed by atoms with Gasteiger partial charge in [-0.1, -0.05) is 6.07 Å². The van der Waals surface area contributed by atoms with E-state index in [1.54, 1.807) is 18.5 Å². The van der Waals surface area contributed by atoms with Crippen LogP contribution >= 0.6 is 0 Å². The van der Waals surface area contributed by atoms with Crippen LogP contribution in [0.2, 0.25) is 0 Å². The Bertz CT molecular complexity index is 478. The molecule has 1 atom stereocenters. The molecule has 0 spiro atoms. The van der Waals surface area contributed by atoms with Crippen LogP contribution in [-0.2, 0) is 0 Å². The normalized spacial score (nSPS) is 20.4. The molecule has 0 saturated carbocycles. The van der Waals surface area contributed by atoms with Crippen LogP contribution in [0.5, 0.6) is 0 Å². The molecule has 0 radical (unpaired) electrons. The summed E-state index contributed by atoms with van der Waals surface area (Å²) in [6.45, 7) is 1.85. The molecule has 1 aromatic rings. The summed E-state index contributed by atoms with van der Waals surface area (Å²) in [4.78, 5) is 2.14. The molecular formula is C14H18FN3O. The molecule has 19 heavy (non-hydrogen) atoms. The van der Waals surface area contributed by atoms with Crippen molar-refractivity contribution in [1.29, 1.82) is 0 Å². The molecule has 1 fully saturated rings. The van der Waals surface area contributed by atoms with Crippen molar-refractivity contribution in [3.05, 3.63) is 42.0 Å². The average molecular weight is 263 g/mol. The van der Waals surface area contributed by atoms with Gasteiger partial charge in [0, 0.05) is 36.7 Å². The van der Waals surface area contributed by atoms with E-state index < -0.39 is 6.10 Å². The van der Waals surface area contributed by atoms with E-state index in [9.17, 15) is 9.50 Å². The number of nitrogens with zero attached hydrogens (tertiary/aromatic N) is 1. The van der Waals surface area contributed by atoms with E-state index in [0.29, 0.717) is 0 Å². The molecule has 1 aromatic carbocycles. The van der Waals surface area contributed by atoms with Gasteiger partial charge in [-0.2, -0.15) is 0 Å². The van der Waals surface area contributed by atoms with E-state index >= 15 is 0 Å². The highest BCUT2D eigenvalue weighted by molar-refractivity contribution is 5.56. The number of nitrogens with one attached hydrogen (secondary N) is 2. The molecule has 2 heterocycles. The van der Waals surface area contributed by atoms with Gasteiger partial charge in [0.15, 0.2) is 0 Å². The van der Waals surface area contributed by atoms with Gasteiger partial charge in [0.25, 0.3) is 0 Å². The largest absolute Gasteiger partial charge is 0.384 e. The molecule has 1 unspecified atom stereocenters. The van der Waals surface area contributed by atoms with Crippen LogP contribution in [0.3, 0.4) is 0 Å². The minimum atomic E-state index is -0.716. The molecule has 1 saturated heterocycles. The lowest BCUT2D eigenvalue weighted by molar-refractivity contribution is 0.130. The Kier molecular flexibility index (Phi) is 3.29. The van der Waals surface area contributed by atoms with Crippen LogP contribution in [0.15, 0.2) is 30.6 Å². The van der Waals surface area contributed by atoms with Crippen LogP contribution in [-0.4, -0.2) is 24.4 Å². The Morgan fingerprint density at radius 3 is 2.58 bits per heavy atom. The van der Waals surface area contributed by atoms with Crippen molar-refractivity contribution < 1.29 is 9.50 Å². The number of aliphatic hydroxyl groups is 1. The number of hydrogen-bond acceptors (Lipinski definition) is 4. The highest BCUT2D eigenvalue weighted by Gasteiger charge is 2.26. The van der Waals surface area contributed by atoms with Gasteiger partial charge in [0.2, 0.25) is 0 Å². The zero-order valence-electron chi connectivity index (χ0n) is 10.6. The van der Waals surface area contributed by atoms with E-state index in [-0.39, 0.29) is 12.0 Å². The Morgan fingerprint density at radius 1 is 1.21 bits per heavy atom. The van der Waals surface area contributed by atoms with Gasteiger partial charge in [-0.15, -0.1) is 0 Å². The van der Waals surface area contributed by atoms with Crippen LogP contribution in [0, 0.1) is 5.82 Å². The molecule has 102 valence electrons. The van der Waals surface area contributed by atoms with Crippen molar-refractivity contribution in [2.45, 2.75) is 25.1 Å². The quantitative estimate of drug-likeness (QED) is 0.772. The first-order chi connectivity index (χ1) is 9.25. The van der Waals surface area contributed by atoms with Gasteiger partial charge < -0.3 is 20.6 Å².